The molecule has 20 heavy (non-hydrogen) atoms. The van der Waals surface area contributed by atoms with Gasteiger partial charge in [0.1, 0.15) is 0 Å². The van der Waals surface area contributed by atoms with Crippen LogP contribution in [-0.4, -0.2) is 18.8 Å². The molecule has 1 saturated heterocycles. The lowest BCUT2D eigenvalue weighted by molar-refractivity contribution is 0.335. The predicted molar refractivity (Wildman–Crippen MR) is 70.5 cm³/mol. The molecule has 3 rings (SSSR count). The molecule has 0 spiro atoms. The smallest absolute Gasteiger partial charge is 0.207 e. The fourth-order valence-electron chi connectivity index (χ4n) is 3.14. The maximum Gasteiger partial charge on any atom is 0.244 e. The molecule has 0 radical (unpaired) electrons. The number of sulfonamides is 1. The Hall–Kier alpha value is -2.15. The maximum absolute atomic E-state index is 12.6. The van der Waals surface area contributed by atoms with Gasteiger partial charge in [-0.2, -0.15) is 14.8 Å². The summed E-state index contributed by atoms with van der Waals surface area (Å²) in [4.78, 5) is 0.187. The van der Waals surface area contributed by atoms with Crippen molar-refractivity contribution < 1.29 is 8.42 Å². The number of nitriles is 2. The normalized spacial score (nSPS) is 28.9. The van der Waals surface area contributed by atoms with Crippen LogP contribution < -0.4 is 0 Å². The quantitative estimate of drug-likeness (QED) is 0.735. The van der Waals surface area contributed by atoms with Crippen LogP contribution in [0.15, 0.2) is 41.8 Å². The molecule has 2 heterocycles. The first kappa shape index (κ1) is 12.9. The van der Waals surface area contributed by atoms with Gasteiger partial charge in [0, 0.05) is 12.5 Å². The lowest BCUT2D eigenvalue weighted by Crippen LogP contribution is -2.32. The Morgan fingerprint density at radius 1 is 1.35 bits per heavy atom. The van der Waals surface area contributed by atoms with Gasteiger partial charge in [-0.15, -0.1) is 6.58 Å². The zero-order valence-electron chi connectivity index (χ0n) is 10.5. The van der Waals surface area contributed by atoms with Crippen LogP contribution in [0.5, 0.6) is 0 Å². The Bertz CT molecular complexity index is 771. The van der Waals surface area contributed by atoms with Crippen molar-refractivity contribution in [3.8, 4) is 12.1 Å². The summed E-state index contributed by atoms with van der Waals surface area (Å²) >= 11 is 0. The van der Waals surface area contributed by atoms with E-state index < -0.39 is 27.5 Å². The number of nitrogens with zero attached hydrogens (tertiary/aromatic N) is 3. The molecule has 0 aromatic heterocycles. The number of benzene rings is 1. The minimum Gasteiger partial charge on any atom is -0.207 e. The average molecular weight is 285 g/mol. The van der Waals surface area contributed by atoms with Crippen LogP contribution in [0.25, 0.3) is 0 Å². The average Bonchev–Trinajstić information content (AvgIpc) is 2.93. The summed E-state index contributed by atoms with van der Waals surface area (Å²) < 4.78 is 26.5. The predicted octanol–water partition coefficient (Wildman–Crippen LogP) is 1.72. The van der Waals surface area contributed by atoms with Crippen molar-refractivity contribution >= 4 is 10.0 Å². The van der Waals surface area contributed by atoms with Crippen LogP contribution in [0, 0.1) is 28.1 Å². The highest BCUT2D eigenvalue weighted by Gasteiger charge is 2.62. The van der Waals surface area contributed by atoms with E-state index in [1.54, 1.807) is 18.2 Å². The third-order valence-corrected chi connectivity index (χ3v) is 5.98. The van der Waals surface area contributed by atoms with Crippen molar-refractivity contribution in [3.05, 3.63) is 42.5 Å². The van der Waals surface area contributed by atoms with Crippen molar-refractivity contribution in [2.45, 2.75) is 23.4 Å². The number of rotatable bonds is 1. The topological polar surface area (TPSA) is 85.0 Å². The second-order valence-corrected chi connectivity index (χ2v) is 6.79. The SMILES string of the molecule is C=C[C@H]1CC(C#N)(C#N)[C@@H]2c3ccccc3S(=O)(=O)N21. The maximum atomic E-state index is 12.6. The number of hydrogen-bond donors (Lipinski definition) is 0. The summed E-state index contributed by atoms with van der Waals surface area (Å²) in [6, 6.07) is 9.32. The van der Waals surface area contributed by atoms with E-state index in [4.69, 9.17) is 0 Å². The van der Waals surface area contributed by atoms with E-state index in [1.807, 2.05) is 12.1 Å². The minimum absolute atomic E-state index is 0.154. The zero-order valence-corrected chi connectivity index (χ0v) is 11.3. The van der Waals surface area contributed by atoms with Gasteiger partial charge in [0.05, 0.1) is 23.1 Å². The van der Waals surface area contributed by atoms with Crippen molar-refractivity contribution in [1.29, 1.82) is 10.5 Å². The molecule has 2 aliphatic rings. The van der Waals surface area contributed by atoms with Crippen molar-refractivity contribution in [1.82, 2.24) is 4.31 Å². The zero-order chi connectivity index (χ0) is 14.5. The fraction of sp³-hybridized carbons (Fsp3) is 0.286. The monoisotopic (exact) mass is 285 g/mol. The fourth-order valence-corrected chi connectivity index (χ4v) is 5.18. The van der Waals surface area contributed by atoms with Gasteiger partial charge in [-0.25, -0.2) is 8.42 Å². The van der Waals surface area contributed by atoms with Crippen LogP contribution in [0.4, 0.5) is 0 Å². The van der Waals surface area contributed by atoms with Gasteiger partial charge < -0.3 is 0 Å². The Morgan fingerprint density at radius 2 is 2.00 bits per heavy atom. The molecule has 0 bridgehead atoms. The van der Waals surface area contributed by atoms with Crippen molar-refractivity contribution in [2.24, 2.45) is 5.41 Å². The minimum atomic E-state index is -3.68. The van der Waals surface area contributed by atoms with Crippen molar-refractivity contribution in [2.75, 3.05) is 0 Å². The second-order valence-electron chi connectivity index (χ2n) is 4.98. The van der Waals surface area contributed by atoms with Crippen LogP contribution in [0.3, 0.4) is 0 Å². The van der Waals surface area contributed by atoms with E-state index in [2.05, 4.69) is 6.58 Å². The van der Waals surface area contributed by atoms with Crippen LogP contribution >= 0.6 is 0 Å². The van der Waals surface area contributed by atoms with Gasteiger partial charge >= 0.3 is 0 Å². The van der Waals surface area contributed by atoms with E-state index in [0.29, 0.717) is 5.56 Å². The van der Waals surface area contributed by atoms with E-state index in [1.165, 1.54) is 16.4 Å². The van der Waals surface area contributed by atoms with Gasteiger partial charge in [0.15, 0.2) is 5.41 Å². The molecule has 6 heteroatoms. The molecule has 1 aromatic carbocycles. The van der Waals surface area contributed by atoms with E-state index >= 15 is 0 Å². The van der Waals surface area contributed by atoms with Crippen molar-refractivity contribution in [3.63, 3.8) is 0 Å². The molecule has 5 nitrogen and oxygen atoms in total. The number of fused-ring (bicyclic) bond motifs is 3. The highest BCUT2D eigenvalue weighted by Crippen LogP contribution is 2.57. The first-order valence-electron chi connectivity index (χ1n) is 6.09. The standard InChI is InChI=1S/C14H11N3O2S/c1-2-10-7-14(8-15,9-16)13-11-5-3-4-6-12(11)20(18,19)17(10)13/h2-6,10,13H,1,7H2/t10-,13-/m0/s1. The van der Waals surface area contributed by atoms with Gasteiger partial charge in [-0.1, -0.05) is 24.3 Å². The van der Waals surface area contributed by atoms with Gasteiger partial charge in [-0.3, -0.25) is 0 Å². The van der Waals surface area contributed by atoms with Crippen LogP contribution in [0.1, 0.15) is 18.0 Å². The highest BCUT2D eigenvalue weighted by molar-refractivity contribution is 7.89. The summed E-state index contributed by atoms with van der Waals surface area (Å²) in [7, 11) is -3.68. The Labute approximate surface area is 117 Å². The molecule has 0 unspecified atom stereocenters. The first-order valence-corrected chi connectivity index (χ1v) is 7.53. The van der Waals surface area contributed by atoms with Gasteiger partial charge in [-0.05, 0) is 11.6 Å². The Balaban J connectivity index is 2.35. The Kier molecular flexibility index (Phi) is 2.52. The Morgan fingerprint density at radius 3 is 2.60 bits per heavy atom. The molecule has 1 aromatic rings. The number of hydrogen-bond acceptors (Lipinski definition) is 4. The molecular formula is C14H11N3O2S. The summed E-state index contributed by atoms with van der Waals surface area (Å²) in [5, 5.41) is 18.9. The molecule has 1 fully saturated rings. The third kappa shape index (κ3) is 1.30. The molecule has 100 valence electrons. The summed E-state index contributed by atoms with van der Waals surface area (Å²) in [6.07, 6.45) is 1.65. The molecule has 0 N–H and O–H groups in total. The lowest BCUT2D eigenvalue weighted by Gasteiger charge is -2.22. The molecule has 2 atom stereocenters. The molecule has 0 aliphatic carbocycles. The summed E-state index contributed by atoms with van der Waals surface area (Å²) in [5.41, 5.74) is -0.835. The van der Waals surface area contributed by atoms with Crippen LogP contribution in [-0.2, 0) is 10.0 Å². The molecule has 2 aliphatic heterocycles. The lowest BCUT2D eigenvalue weighted by atomic mass is 9.79. The largest absolute Gasteiger partial charge is 0.244 e. The summed E-state index contributed by atoms with van der Waals surface area (Å²) in [6.45, 7) is 3.64. The second kappa shape index (κ2) is 3.92. The molecular weight excluding hydrogens is 274 g/mol. The van der Waals surface area contributed by atoms with Gasteiger partial charge in [0.2, 0.25) is 10.0 Å². The first-order chi connectivity index (χ1) is 9.51. The van der Waals surface area contributed by atoms with Gasteiger partial charge in [0.25, 0.3) is 0 Å². The molecule has 0 saturated carbocycles. The van der Waals surface area contributed by atoms with E-state index in [0.717, 1.165) is 0 Å². The molecule has 0 amide bonds. The summed E-state index contributed by atoms with van der Waals surface area (Å²) in [5.74, 6) is 0. The van der Waals surface area contributed by atoms with Crippen LogP contribution in [0.2, 0.25) is 0 Å². The van der Waals surface area contributed by atoms with E-state index in [9.17, 15) is 18.9 Å². The van der Waals surface area contributed by atoms with E-state index in [-0.39, 0.29) is 11.3 Å². The third-order valence-electron chi connectivity index (χ3n) is 4.02. The highest BCUT2D eigenvalue weighted by atomic mass is 32.2.